The Morgan fingerprint density at radius 2 is 2.10 bits per heavy atom. The molecule has 0 amide bonds. The lowest BCUT2D eigenvalue weighted by atomic mass is 10.1. The average Bonchev–Trinajstić information content (AvgIpc) is 2.84. The molecule has 1 fully saturated rings. The molecule has 1 aliphatic rings. The number of nitrogen functional groups attached to an aromatic ring is 1. The number of nitrogens with one attached hydrogen (secondary N) is 2. The molecule has 9 nitrogen and oxygen atoms in total. The Balaban J connectivity index is 1.78. The van der Waals surface area contributed by atoms with Gasteiger partial charge in [-0.15, -0.1) is 0 Å². The van der Waals surface area contributed by atoms with Gasteiger partial charge in [0.1, 0.15) is 12.7 Å². The number of rotatable bonds is 5. The van der Waals surface area contributed by atoms with Crippen molar-refractivity contribution in [1.82, 2.24) is 29.7 Å². The van der Waals surface area contributed by atoms with Crippen LogP contribution in [0.25, 0.3) is 5.95 Å². The Hall–Kier alpha value is -2.29. The predicted molar refractivity (Wildman–Crippen MR) is 72.9 cm³/mol. The quantitative estimate of drug-likeness (QED) is 0.522. The average molecular weight is 275 g/mol. The van der Waals surface area contributed by atoms with Crippen LogP contribution in [0.15, 0.2) is 12.7 Å². The van der Waals surface area contributed by atoms with E-state index in [1.54, 1.807) is 0 Å². The molecular weight excluding hydrogens is 258 g/mol. The highest BCUT2D eigenvalue weighted by Crippen LogP contribution is 2.51. The standard InChI is InChI=1S/C11H17N9/c1-11(2)3-7(11)4-14-8-16-9(19-12)18-10(17-8)20-6-13-5-15-20/h5-7H,3-4,12H2,1-2H3,(H2,14,16,17,18,19). The Morgan fingerprint density at radius 3 is 2.70 bits per heavy atom. The molecular formula is C11H17N9. The van der Waals surface area contributed by atoms with Gasteiger partial charge in [-0.05, 0) is 17.8 Å². The maximum Gasteiger partial charge on any atom is 0.258 e. The highest BCUT2D eigenvalue weighted by Gasteiger charge is 2.45. The van der Waals surface area contributed by atoms with Crippen LogP contribution in [0.5, 0.6) is 0 Å². The lowest BCUT2D eigenvalue weighted by molar-refractivity contribution is 0.572. The summed E-state index contributed by atoms with van der Waals surface area (Å²) in [6.07, 6.45) is 4.14. The number of hydrogen-bond acceptors (Lipinski definition) is 8. The van der Waals surface area contributed by atoms with Gasteiger partial charge in [-0.2, -0.15) is 24.7 Å². The fourth-order valence-electron chi connectivity index (χ4n) is 2.06. The fraction of sp³-hybridized carbons (Fsp3) is 0.545. The highest BCUT2D eigenvalue weighted by molar-refractivity contribution is 5.37. The molecule has 2 aromatic heterocycles. The largest absolute Gasteiger partial charge is 0.354 e. The van der Waals surface area contributed by atoms with Crippen molar-refractivity contribution in [2.24, 2.45) is 17.2 Å². The Kier molecular flexibility index (Phi) is 2.97. The monoisotopic (exact) mass is 275 g/mol. The molecule has 106 valence electrons. The summed E-state index contributed by atoms with van der Waals surface area (Å²) in [6.45, 7) is 5.33. The third kappa shape index (κ3) is 2.52. The number of hydrazine groups is 1. The van der Waals surface area contributed by atoms with Gasteiger partial charge < -0.3 is 5.32 Å². The molecule has 1 aliphatic carbocycles. The van der Waals surface area contributed by atoms with Gasteiger partial charge in [0, 0.05) is 6.54 Å². The molecule has 1 saturated carbocycles. The summed E-state index contributed by atoms with van der Waals surface area (Å²) in [4.78, 5) is 16.5. The number of anilines is 2. The number of nitrogens with two attached hydrogens (primary N) is 1. The number of aromatic nitrogens is 6. The molecule has 1 atom stereocenters. The Morgan fingerprint density at radius 1 is 1.35 bits per heavy atom. The van der Waals surface area contributed by atoms with Gasteiger partial charge in [-0.3, -0.25) is 5.43 Å². The summed E-state index contributed by atoms with van der Waals surface area (Å²) in [5.41, 5.74) is 2.83. The first-order valence-corrected chi connectivity index (χ1v) is 6.40. The zero-order valence-electron chi connectivity index (χ0n) is 11.4. The van der Waals surface area contributed by atoms with Crippen molar-refractivity contribution in [2.45, 2.75) is 20.3 Å². The first-order chi connectivity index (χ1) is 9.58. The normalized spacial score (nSPS) is 19.6. The maximum absolute atomic E-state index is 5.38. The molecule has 0 aliphatic heterocycles. The molecule has 2 aromatic rings. The van der Waals surface area contributed by atoms with Crippen LogP contribution in [0.4, 0.5) is 11.9 Å². The van der Waals surface area contributed by atoms with E-state index in [9.17, 15) is 0 Å². The number of nitrogens with zero attached hydrogens (tertiary/aromatic N) is 6. The molecule has 0 aromatic carbocycles. The van der Waals surface area contributed by atoms with E-state index in [4.69, 9.17) is 5.84 Å². The van der Waals surface area contributed by atoms with E-state index in [1.807, 2.05) is 0 Å². The van der Waals surface area contributed by atoms with E-state index in [0.29, 0.717) is 23.2 Å². The van der Waals surface area contributed by atoms with Gasteiger partial charge in [0.25, 0.3) is 5.95 Å². The summed E-state index contributed by atoms with van der Waals surface area (Å²) in [5.74, 6) is 7.14. The maximum atomic E-state index is 5.38. The van der Waals surface area contributed by atoms with Crippen molar-refractivity contribution in [3.05, 3.63) is 12.7 Å². The third-order valence-electron chi connectivity index (χ3n) is 3.60. The second kappa shape index (κ2) is 4.67. The molecule has 2 heterocycles. The van der Waals surface area contributed by atoms with Crippen molar-refractivity contribution in [2.75, 3.05) is 17.3 Å². The van der Waals surface area contributed by atoms with E-state index < -0.39 is 0 Å². The second-order valence-corrected chi connectivity index (χ2v) is 5.54. The molecule has 3 rings (SSSR count). The zero-order valence-corrected chi connectivity index (χ0v) is 11.4. The minimum atomic E-state index is 0.281. The van der Waals surface area contributed by atoms with E-state index in [-0.39, 0.29) is 5.95 Å². The van der Waals surface area contributed by atoms with Crippen LogP contribution in [-0.2, 0) is 0 Å². The molecule has 20 heavy (non-hydrogen) atoms. The van der Waals surface area contributed by atoms with Gasteiger partial charge in [0.05, 0.1) is 0 Å². The van der Waals surface area contributed by atoms with Crippen LogP contribution in [0.3, 0.4) is 0 Å². The Labute approximate surface area is 116 Å². The molecule has 0 radical (unpaired) electrons. The van der Waals surface area contributed by atoms with Crippen LogP contribution in [0.2, 0.25) is 0 Å². The van der Waals surface area contributed by atoms with Crippen molar-refractivity contribution in [1.29, 1.82) is 0 Å². The van der Waals surface area contributed by atoms with Crippen molar-refractivity contribution < 1.29 is 0 Å². The minimum absolute atomic E-state index is 0.281. The summed E-state index contributed by atoms with van der Waals surface area (Å²) in [6, 6.07) is 0. The smallest absolute Gasteiger partial charge is 0.258 e. The summed E-state index contributed by atoms with van der Waals surface area (Å²) < 4.78 is 1.45. The lowest BCUT2D eigenvalue weighted by Gasteiger charge is -2.09. The van der Waals surface area contributed by atoms with Crippen LogP contribution in [0.1, 0.15) is 20.3 Å². The van der Waals surface area contributed by atoms with Crippen molar-refractivity contribution in [3.8, 4) is 5.95 Å². The molecule has 0 spiro atoms. The van der Waals surface area contributed by atoms with Gasteiger partial charge in [-0.25, -0.2) is 10.8 Å². The van der Waals surface area contributed by atoms with Gasteiger partial charge in [0.2, 0.25) is 11.9 Å². The van der Waals surface area contributed by atoms with Gasteiger partial charge >= 0.3 is 0 Å². The van der Waals surface area contributed by atoms with Crippen LogP contribution >= 0.6 is 0 Å². The van der Waals surface area contributed by atoms with Crippen molar-refractivity contribution >= 4 is 11.9 Å². The number of hydrogen-bond donors (Lipinski definition) is 3. The van der Waals surface area contributed by atoms with Crippen LogP contribution in [-0.4, -0.2) is 36.3 Å². The van der Waals surface area contributed by atoms with E-state index in [1.165, 1.54) is 23.8 Å². The van der Waals surface area contributed by atoms with Crippen LogP contribution in [0, 0.1) is 11.3 Å². The fourth-order valence-corrected chi connectivity index (χ4v) is 2.06. The predicted octanol–water partition coefficient (Wildman–Crippen LogP) is 0.196. The molecule has 4 N–H and O–H groups in total. The summed E-state index contributed by atoms with van der Waals surface area (Å²) in [7, 11) is 0. The topological polar surface area (TPSA) is 119 Å². The minimum Gasteiger partial charge on any atom is -0.354 e. The Bertz CT molecular complexity index is 592. The molecule has 9 heteroatoms. The third-order valence-corrected chi connectivity index (χ3v) is 3.60. The molecule has 0 bridgehead atoms. The molecule has 1 unspecified atom stereocenters. The zero-order chi connectivity index (χ0) is 14.2. The second-order valence-electron chi connectivity index (χ2n) is 5.54. The van der Waals surface area contributed by atoms with Gasteiger partial charge in [0.15, 0.2) is 0 Å². The van der Waals surface area contributed by atoms with E-state index in [0.717, 1.165) is 6.54 Å². The summed E-state index contributed by atoms with van der Waals surface area (Å²) >= 11 is 0. The first kappa shape index (κ1) is 12.7. The van der Waals surface area contributed by atoms with Crippen LogP contribution < -0.4 is 16.6 Å². The lowest BCUT2D eigenvalue weighted by Crippen LogP contribution is -2.17. The van der Waals surface area contributed by atoms with E-state index in [2.05, 4.69) is 49.6 Å². The van der Waals surface area contributed by atoms with Crippen molar-refractivity contribution in [3.63, 3.8) is 0 Å². The SMILES string of the molecule is CC1(C)CC1CNc1nc(NN)nc(-n2cncn2)n1. The van der Waals surface area contributed by atoms with Gasteiger partial charge in [-0.1, -0.05) is 13.8 Å². The van der Waals surface area contributed by atoms with E-state index >= 15 is 0 Å². The summed E-state index contributed by atoms with van der Waals surface area (Å²) in [5, 5.41) is 7.21. The first-order valence-electron chi connectivity index (χ1n) is 6.40. The molecule has 0 saturated heterocycles. The highest BCUT2D eigenvalue weighted by atomic mass is 15.4.